The molecule has 216 valence electrons. The summed E-state index contributed by atoms with van der Waals surface area (Å²) in [7, 11) is 0. The van der Waals surface area contributed by atoms with Gasteiger partial charge in [0.15, 0.2) is 0 Å². The first kappa shape index (κ1) is 32.6. The van der Waals surface area contributed by atoms with Gasteiger partial charge in [0.05, 0.1) is 16.6 Å². The highest BCUT2D eigenvalue weighted by atomic mass is 35.5. The minimum Gasteiger partial charge on any atom is -0.461 e. The van der Waals surface area contributed by atoms with E-state index >= 15 is 0 Å². The second-order valence-corrected chi connectivity index (χ2v) is 10.5. The van der Waals surface area contributed by atoms with Crippen LogP contribution in [0.15, 0.2) is 36.4 Å². The fraction of sp³-hybridized carbons (Fsp3) is 0.548. The number of carbonyl (C=O) groups is 2. The smallest absolute Gasteiger partial charge is 0.339 e. The van der Waals surface area contributed by atoms with Crippen molar-refractivity contribution < 1.29 is 14.3 Å². The van der Waals surface area contributed by atoms with Crippen LogP contribution in [0.3, 0.4) is 0 Å². The number of para-hydroxylation sites is 1. The lowest BCUT2D eigenvalue weighted by Crippen LogP contribution is -2.47. The Labute approximate surface area is 240 Å². The van der Waals surface area contributed by atoms with Gasteiger partial charge in [-0.3, -0.25) is 9.69 Å². The lowest BCUT2D eigenvalue weighted by Gasteiger charge is -2.34. The molecule has 1 aliphatic rings. The van der Waals surface area contributed by atoms with E-state index in [9.17, 15) is 9.59 Å². The molecule has 1 atom stereocenters. The third-order valence-electron chi connectivity index (χ3n) is 7.19. The Hall–Kier alpha value is -2.61. The third kappa shape index (κ3) is 10.5. The highest BCUT2D eigenvalue weighted by molar-refractivity contribution is 6.33. The van der Waals surface area contributed by atoms with Crippen LogP contribution in [0.1, 0.15) is 74.4 Å². The Bertz CT molecular complexity index is 1040. The Morgan fingerprint density at radius 3 is 2.41 bits per heavy atom. The number of unbranched alkanes of at least 4 members (excludes halogenated alkanes) is 1. The molecule has 1 aliphatic heterocycles. The van der Waals surface area contributed by atoms with Gasteiger partial charge in [0.1, 0.15) is 6.61 Å². The largest absolute Gasteiger partial charge is 0.461 e. The predicted octanol–water partition coefficient (Wildman–Crippen LogP) is 6.32. The van der Waals surface area contributed by atoms with Crippen molar-refractivity contribution in [2.24, 2.45) is 0 Å². The number of hydrogen-bond acceptors (Lipinski definition) is 6. The van der Waals surface area contributed by atoms with Crippen molar-refractivity contribution >= 4 is 34.9 Å². The van der Waals surface area contributed by atoms with Crippen LogP contribution in [-0.4, -0.2) is 67.0 Å². The molecule has 1 heterocycles. The first-order valence-electron chi connectivity index (χ1n) is 14.3. The molecule has 0 aliphatic carbocycles. The van der Waals surface area contributed by atoms with Crippen LogP contribution in [0.4, 0.5) is 11.4 Å². The molecular formula is C31H47ClN4O3. The number of benzene rings is 2. The Balaban J connectivity index is 0.000000277. The summed E-state index contributed by atoms with van der Waals surface area (Å²) in [6.07, 6.45) is 5.72. The van der Waals surface area contributed by atoms with E-state index in [1.54, 1.807) is 18.2 Å². The van der Waals surface area contributed by atoms with Gasteiger partial charge < -0.3 is 20.7 Å². The monoisotopic (exact) mass is 558 g/mol. The number of piperidine rings is 1. The van der Waals surface area contributed by atoms with Gasteiger partial charge in [0, 0.05) is 17.9 Å². The van der Waals surface area contributed by atoms with E-state index in [2.05, 4.69) is 61.9 Å². The first-order chi connectivity index (χ1) is 18.7. The topological polar surface area (TPSA) is 87.9 Å². The van der Waals surface area contributed by atoms with E-state index < -0.39 is 5.97 Å². The number of nitrogens with one attached hydrogen (secondary N) is 1. The fourth-order valence-corrected chi connectivity index (χ4v) is 4.98. The van der Waals surface area contributed by atoms with Crippen molar-refractivity contribution in [3.05, 3.63) is 58.1 Å². The molecule has 7 nitrogen and oxygen atoms in total. The fourth-order valence-electron chi connectivity index (χ4n) is 4.72. The van der Waals surface area contributed by atoms with Gasteiger partial charge in [-0.15, -0.1) is 0 Å². The highest BCUT2D eigenvalue weighted by Crippen LogP contribution is 2.23. The Morgan fingerprint density at radius 1 is 1.10 bits per heavy atom. The van der Waals surface area contributed by atoms with Crippen LogP contribution in [-0.2, 0) is 9.53 Å². The molecule has 2 aromatic carbocycles. The molecule has 1 unspecified atom stereocenters. The standard InChI is InChI=1S/C18H28N2O.C13H19ClN2O2/c1-4-5-12-20-13-7-6-11-16(20)18(21)19-17-14(2)9-8-10-15(17)3;1-3-16(4-2)7-8-18-13(17)11-6-5-10(15)9-12(11)14/h8-10,16H,4-7,11-13H2,1-3H3,(H,19,21);5-6,9H,3-4,7-8,15H2,1-2H3. The number of hydrogen-bond donors (Lipinski definition) is 2. The zero-order valence-corrected chi connectivity index (χ0v) is 25.2. The summed E-state index contributed by atoms with van der Waals surface area (Å²) in [6, 6.07) is 10.9. The number of aryl methyl sites for hydroxylation is 2. The van der Waals surface area contributed by atoms with Crippen molar-refractivity contribution in [2.45, 2.75) is 72.8 Å². The molecule has 2 aromatic rings. The van der Waals surface area contributed by atoms with Gasteiger partial charge in [0.2, 0.25) is 5.91 Å². The van der Waals surface area contributed by atoms with Crippen molar-refractivity contribution in [3.63, 3.8) is 0 Å². The number of halogens is 1. The quantitative estimate of drug-likeness (QED) is 0.248. The molecule has 0 aromatic heterocycles. The summed E-state index contributed by atoms with van der Waals surface area (Å²) in [5, 5.41) is 3.50. The molecule has 3 N–H and O–H groups in total. The van der Waals surface area contributed by atoms with E-state index in [0.29, 0.717) is 22.9 Å². The number of amides is 1. The normalized spacial score (nSPS) is 15.4. The van der Waals surface area contributed by atoms with Crippen molar-refractivity contribution in [1.29, 1.82) is 0 Å². The van der Waals surface area contributed by atoms with Gasteiger partial charge >= 0.3 is 5.97 Å². The second-order valence-electron chi connectivity index (χ2n) is 10.1. The number of esters is 1. The van der Waals surface area contributed by atoms with Crippen LogP contribution >= 0.6 is 11.6 Å². The highest BCUT2D eigenvalue weighted by Gasteiger charge is 2.28. The number of ether oxygens (including phenoxy) is 1. The van der Waals surface area contributed by atoms with Crippen molar-refractivity contribution in [2.75, 3.05) is 50.4 Å². The van der Waals surface area contributed by atoms with E-state index in [0.717, 1.165) is 62.4 Å². The maximum atomic E-state index is 12.7. The molecule has 1 saturated heterocycles. The summed E-state index contributed by atoms with van der Waals surface area (Å²) in [5.41, 5.74) is 9.71. The van der Waals surface area contributed by atoms with E-state index in [4.69, 9.17) is 22.1 Å². The SMILES string of the molecule is CCCCN1CCCCC1C(=O)Nc1c(C)cccc1C.CCN(CC)CCOC(=O)c1ccc(N)cc1Cl. The van der Waals surface area contributed by atoms with Crippen LogP contribution in [0, 0.1) is 13.8 Å². The summed E-state index contributed by atoms with van der Waals surface area (Å²) in [4.78, 5) is 29.0. The number of anilines is 2. The average Bonchev–Trinajstić information content (AvgIpc) is 2.92. The van der Waals surface area contributed by atoms with Crippen molar-refractivity contribution in [3.8, 4) is 0 Å². The number of carbonyl (C=O) groups excluding carboxylic acids is 2. The Kier molecular flexibility index (Phi) is 14.3. The van der Waals surface area contributed by atoms with E-state index in [1.165, 1.54) is 19.3 Å². The van der Waals surface area contributed by atoms with Gasteiger partial charge in [-0.25, -0.2) is 4.79 Å². The molecule has 39 heavy (non-hydrogen) atoms. The molecule has 1 amide bonds. The zero-order chi connectivity index (χ0) is 28.8. The van der Waals surface area contributed by atoms with Crippen LogP contribution in [0.5, 0.6) is 0 Å². The number of likely N-dealkylation sites (tertiary alicyclic amines) is 1. The number of rotatable bonds is 11. The maximum absolute atomic E-state index is 12.7. The molecule has 0 bridgehead atoms. The molecule has 8 heteroatoms. The molecule has 3 rings (SSSR count). The second kappa shape index (κ2) is 17.2. The maximum Gasteiger partial charge on any atom is 0.339 e. The summed E-state index contributed by atoms with van der Waals surface area (Å²) in [5.74, 6) is -0.240. The van der Waals surface area contributed by atoms with Gasteiger partial charge in [-0.05, 0) is 88.6 Å². The first-order valence-corrected chi connectivity index (χ1v) is 14.6. The number of nitrogens with two attached hydrogens (primary N) is 1. The Morgan fingerprint density at radius 2 is 1.79 bits per heavy atom. The predicted molar refractivity (Wildman–Crippen MR) is 163 cm³/mol. The van der Waals surface area contributed by atoms with E-state index in [1.807, 2.05) is 6.07 Å². The minimum absolute atomic E-state index is 0.0457. The zero-order valence-electron chi connectivity index (χ0n) is 24.4. The third-order valence-corrected chi connectivity index (χ3v) is 7.51. The average molecular weight is 559 g/mol. The van der Waals surface area contributed by atoms with Gasteiger partial charge in [-0.1, -0.05) is 63.4 Å². The molecular weight excluding hydrogens is 512 g/mol. The van der Waals surface area contributed by atoms with E-state index in [-0.39, 0.29) is 11.9 Å². The number of likely N-dealkylation sites (N-methyl/N-ethyl adjacent to an activating group) is 1. The molecule has 0 radical (unpaired) electrons. The minimum atomic E-state index is -0.410. The van der Waals surface area contributed by atoms with Crippen LogP contribution in [0.25, 0.3) is 0 Å². The van der Waals surface area contributed by atoms with Gasteiger partial charge in [-0.2, -0.15) is 0 Å². The molecule has 0 spiro atoms. The summed E-state index contributed by atoms with van der Waals surface area (Å²) >= 11 is 5.93. The lowest BCUT2D eigenvalue weighted by atomic mass is 10.00. The molecule has 1 fully saturated rings. The number of nitrogens with zero attached hydrogens (tertiary/aromatic N) is 2. The molecule has 0 saturated carbocycles. The number of nitrogen functional groups attached to an aromatic ring is 1. The summed E-state index contributed by atoms with van der Waals surface area (Å²) in [6.45, 7) is 15.5. The lowest BCUT2D eigenvalue weighted by molar-refractivity contribution is -0.122. The van der Waals surface area contributed by atoms with Crippen LogP contribution < -0.4 is 11.1 Å². The van der Waals surface area contributed by atoms with Gasteiger partial charge in [0.25, 0.3) is 0 Å². The van der Waals surface area contributed by atoms with Crippen LogP contribution in [0.2, 0.25) is 5.02 Å². The summed E-state index contributed by atoms with van der Waals surface area (Å²) < 4.78 is 5.18. The van der Waals surface area contributed by atoms with Crippen molar-refractivity contribution in [1.82, 2.24) is 9.80 Å².